The Morgan fingerprint density at radius 2 is 1.46 bits per heavy atom. The fourth-order valence-electron chi connectivity index (χ4n) is 2.79. The summed E-state index contributed by atoms with van der Waals surface area (Å²) < 4.78 is 1.69. The van der Waals surface area contributed by atoms with Crippen LogP contribution in [0.2, 0.25) is 0 Å². The van der Waals surface area contributed by atoms with Gasteiger partial charge in [0.25, 0.3) is 5.91 Å². The Morgan fingerprint density at radius 3 is 1.88 bits per heavy atom. The molecule has 0 atom stereocenters. The molecular weight excluding hydrogens is 298 g/mol. The first-order valence-electron chi connectivity index (χ1n) is 8.01. The maximum absolute atomic E-state index is 13.1. The third-order valence-electron chi connectivity index (χ3n) is 3.96. The van der Waals surface area contributed by atoms with Crippen LogP contribution in [0.25, 0.3) is 0 Å². The molecule has 4 nitrogen and oxygen atoms in total. The minimum Gasteiger partial charge on any atom is -0.330 e. The van der Waals surface area contributed by atoms with Crippen molar-refractivity contribution in [2.75, 3.05) is 0 Å². The lowest BCUT2D eigenvalue weighted by molar-refractivity contribution is 0.0729. The lowest BCUT2D eigenvalue weighted by Crippen LogP contribution is -2.30. The van der Waals surface area contributed by atoms with Crippen LogP contribution < -0.4 is 0 Å². The summed E-state index contributed by atoms with van der Waals surface area (Å²) in [7, 11) is 1.84. The maximum Gasteiger partial charge on any atom is 0.257 e. The molecule has 2 aromatic carbocycles. The van der Waals surface area contributed by atoms with E-state index >= 15 is 0 Å². The molecule has 3 rings (SSSR count). The molecule has 24 heavy (non-hydrogen) atoms. The number of hydrogen-bond acceptors (Lipinski definition) is 2. The molecule has 0 spiro atoms. The average Bonchev–Trinajstić information content (AvgIpc) is 2.94. The van der Waals surface area contributed by atoms with Crippen molar-refractivity contribution in [1.29, 1.82) is 0 Å². The lowest BCUT2D eigenvalue weighted by Gasteiger charge is -2.23. The van der Waals surface area contributed by atoms with Gasteiger partial charge in [-0.2, -0.15) is 5.10 Å². The van der Waals surface area contributed by atoms with E-state index < -0.39 is 0 Å². The predicted octanol–water partition coefficient (Wildman–Crippen LogP) is 3.57. The first-order chi connectivity index (χ1) is 11.6. The first-order valence-corrected chi connectivity index (χ1v) is 8.01. The van der Waals surface area contributed by atoms with E-state index in [-0.39, 0.29) is 5.91 Å². The van der Waals surface area contributed by atoms with Gasteiger partial charge in [0.2, 0.25) is 0 Å². The van der Waals surface area contributed by atoms with E-state index in [0.717, 1.165) is 16.8 Å². The van der Waals surface area contributed by atoms with Gasteiger partial charge in [0, 0.05) is 26.3 Å². The fourth-order valence-corrected chi connectivity index (χ4v) is 2.79. The SMILES string of the molecule is Cc1nn(C)cc1C(=O)N(Cc1ccccc1)Cc1ccccc1. The summed E-state index contributed by atoms with van der Waals surface area (Å²) in [4.78, 5) is 14.9. The van der Waals surface area contributed by atoms with Gasteiger partial charge in [-0.05, 0) is 18.1 Å². The number of hydrogen-bond donors (Lipinski definition) is 0. The zero-order chi connectivity index (χ0) is 16.9. The molecule has 0 fully saturated rings. The molecule has 3 aromatic rings. The van der Waals surface area contributed by atoms with Gasteiger partial charge in [0.1, 0.15) is 0 Å². The number of carbonyl (C=O) groups excluding carboxylic acids is 1. The van der Waals surface area contributed by atoms with Crippen molar-refractivity contribution in [2.45, 2.75) is 20.0 Å². The number of carbonyl (C=O) groups is 1. The van der Waals surface area contributed by atoms with Gasteiger partial charge in [-0.15, -0.1) is 0 Å². The maximum atomic E-state index is 13.1. The van der Waals surface area contributed by atoms with Crippen molar-refractivity contribution < 1.29 is 4.79 Å². The Labute approximate surface area is 142 Å². The monoisotopic (exact) mass is 319 g/mol. The van der Waals surface area contributed by atoms with E-state index in [9.17, 15) is 4.79 Å². The molecule has 0 aliphatic carbocycles. The molecule has 122 valence electrons. The Balaban J connectivity index is 1.89. The van der Waals surface area contributed by atoms with Crippen LogP contribution in [0.1, 0.15) is 27.2 Å². The second-order valence-corrected chi connectivity index (χ2v) is 5.93. The highest BCUT2D eigenvalue weighted by Crippen LogP contribution is 2.16. The van der Waals surface area contributed by atoms with Crippen LogP contribution in [0.5, 0.6) is 0 Å². The van der Waals surface area contributed by atoms with Gasteiger partial charge in [-0.25, -0.2) is 0 Å². The molecule has 1 aromatic heterocycles. The van der Waals surface area contributed by atoms with Crippen LogP contribution in [-0.4, -0.2) is 20.6 Å². The number of benzene rings is 2. The van der Waals surface area contributed by atoms with E-state index in [4.69, 9.17) is 0 Å². The summed E-state index contributed by atoms with van der Waals surface area (Å²) in [5, 5.41) is 4.30. The molecule has 0 aliphatic rings. The molecular formula is C20H21N3O. The molecule has 0 unspecified atom stereocenters. The van der Waals surface area contributed by atoms with Gasteiger partial charge in [0.05, 0.1) is 11.3 Å². The van der Waals surface area contributed by atoms with Crippen LogP contribution in [0.4, 0.5) is 0 Å². The number of aromatic nitrogens is 2. The number of amides is 1. The van der Waals surface area contributed by atoms with Crippen LogP contribution in [-0.2, 0) is 20.1 Å². The van der Waals surface area contributed by atoms with Crippen molar-refractivity contribution in [2.24, 2.45) is 7.05 Å². The fraction of sp³-hybridized carbons (Fsp3) is 0.200. The molecule has 0 aliphatic heterocycles. The van der Waals surface area contributed by atoms with E-state index in [2.05, 4.69) is 5.10 Å². The van der Waals surface area contributed by atoms with Crippen molar-refractivity contribution in [3.63, 3.8) is 0 Å². The Kier molecular flexibility index (Phi) is 4.75. The standard InChI is InChI=1S/C20H21N3O/c1-16-19(15-22(2)21-16)20(24)23(13-17-9-5-3-6-10-17)14-18-11-7-4-8-12-18/h3-12,15H,13-14H2,1-2H3. The molecule has 1 heterocycles. The summed E-state index contributed by atoms with van der Waals surface area (Å²) >= 11 is 0. The zero-order valence-electron chi connectivity index (χ0n) is 14.0. The third kappa shape index (κ3) is 3.71. The summed E-state index contributed by atoms with van der Waals surface area (Å²) in [6, 6.07) is 20.1. The molecule has 0 saturated carbocycles. The van der Waals surface area contributed by atoms with Crippen LogP contribution in [0.3, 0.4) is 0 Å². The molecule has 0 bridgehead atoms. The van der Waals surface area contributed by atoms with Crippen molar-refractivity contribution in [1.82, 2.24) is 14.7 Å². The minimum atomic E-state index is 0.00769. The quantitative estimate of drug-likeness (QED) is 0.721. The van der Waals surface area contributed by atoms with E-state index in [1.165, 1.54) is 0 Å². The Morgan fingerprint density at radius 1 is 0.958 bits per heavy atom. The zero-order valence-corrected chi connectivity index (χ0v) is 14.0. The number of rotatable bonds is 5. The van der Waals surface area contributed by atoms with Gasteiger partial charge in [0.15, 0.2) is 0 Å². The normalized spacial score (nSPS) is 10.6. The largest absolute Gasteiger partial charge is 0.330 e. The molecule has 0 N–H and O–H groups in total. The number of aryl methyl sites for hydroxylation is 2. The van der Waals surface area contributed by atoms with Crippen molar-refractivity contribution in [3.05, 3.63) is 89.2 Å². The Hall–Kier alpha value is -2.88. The van der Waals surface area contributed by atoms with E-state index in [1.807, 2.05) is 79.5 Å². The highest BCUT2D eigenvalue weighted by molar-refractivity contribution is 5.95. The van der Waals surface area contributed by atoms with Gasteiger partial charge in [-0.3, -0.25) is 9.48 Å². The highest BCUT2D eigenvalue weighted by Gasteiger charge is 2.20. The highest BCUT2D eigenvalue weighted by atomic mass is 16.2. The van der Waals surface area contributed by atoms with Crippen LogP contribution in [0, 0.1) is 6.92 Å². The van der Waals surface area contributed by atoms with Crippen LogP contribution >= 0.6 is 0 Å². The van der Waals surface area contributed by atoms with Gasteiger partial charge < -0.3 is 4.90 Å². The van der Waals surface area contributed by atoms with Gasteiger partial charge >= 0.3 is 0 Å². The molecule has 1 amide bonds. The van der Waals surface area contributed by atoms with E-state index in [1.54, 1.807) is 10.9 Å². The number of nitrogens with zero attached hydrogens (tertiary/aromatic N) is 3. The third-order valence-corrected chi connectivity index (χ3v) is 3.96. The van der Waals surface area contributed by atoms with Crippen LogP contribution in [0.15, 0.2) is 66.9 Å². The minimum absolute atomic E-state index is 0.00769. The van der Waals surface area contributed by atoms with Crippen molar-refractivity contribution in [3.8, 4) is 0 Å². The second kappa shape index (κ2) is 7.13. The summed E-state index contributed by atoms with van der Waals surface area (Å²) in [6.45, 7) is 3.02. The smallest absolute Gasteiger partial charge is 0.257 e. The lowest BCUT2D eigenvalue weighted by atomic mass is 10.1. The molecule has 4 heteroatoms. The predicted molar refractivity (Wildman–Crippen MR) is 94.4 cm³/mol. The second-order valence-electron chi connectivity index (χ2n) is 5.93. The van der Waals surface area contributed by atoms with E-state index in [0.29, 0.717) is 18.7 Å². The summed E-state index contributed by atoms with van der Waals surface area (Å²) in [6.07, 6.45) is 1.79. The topological polar surface area (TPSA) is 38.1 Å². The Bertz CT molecular complexity index is 768. The van der Waals surface area contributed by atoms with Gasteiger partial charge in [-0.1, -0.05) is 60.7 Å². The summed E-state index contributed by atoms with van der Waals surface area (Å²) in [5.41, 5.74) is 3.64. The average molecular weight is 319 g/mol. The first kappa shape index (κ1) is 16.0. The molecule has 0 saturated heterocycles. The summed E-state index contributed by atoms with van der Waals surface area (Å²) in [5.74, 6) is 0.00769. The molecule has 0 radical (unpaired) electrons. The van der Waals surface area contributed by atoms with Crippen molar-refractivity contribution >= 4 is 5.91 Å².